The number of unbranched alkanes of at least 4 members (excludes halogenated alkanes) is 1. The molecule has 0 radical (unpaired) electrons. The highest BCUT2D eigenvalue weighted by molar-refractivity contribution is 5.73. The largest absolute Gasteiger partial charge is 0.481 e. The van der Waals surface area contributed by atoms with Crippen LogP contribution >= 0.6 is 0 Å². The van der Waals surface area contributed by atoms with Crippen LogP contribution < -0.4 is 10.6 Å². The van der Waals surface area contributed by atoms with Gasteiger partial charge >= 0.3 is 12.0 Å². The minimum absolute atomic E-state index is 0.153. The molecule has 2 amide bonds. The molecule has 1 aromatic rings. The summed E-state index contributed by atoms with van der Waals surface area (Å²) in [5.41, 5.74) is 1.27. The van der Waals surface area contributed by atoms with Gasteiger partial charge in [0.15, 0.2) is 0 Å². The summed E-state index contributed by atoms with van der Waals surface area (Å²) in [6.07, 6.45) is 3.27. The highest BCUT2D eigenvalue weighted by atomic mass is 16.4. The van der Waals surface area contributed by atoms with E-state index in [-0.39, 0.29) is 12.5 Å². The van der Waals surface area contributed by atoms with Crippen molar-refractivity contribution in [2.24, 2.45) is 0 Å². The Morgan fingerprint density at radius 1 is 0.950 bits per heavy atom. The van der Waals surface area contributed by atoms with Crippen molar-refractivity contribution in [3.8, 4) is 0 Å². The molecular formula is C15H22N2O3. The third-order valence-electron chi connectivity index (χ3n) is 2.87. The Labute approximate surface area is 119 Å². The van der Waals surface area contributed by atoms with Crippen LogP contribution in [0.15, 0.2) is 30.3 Å². The van der Waals surface area contributed by atoms with E-state index in [0.717, 1.165) is 12.8 Å². The summed E-state index contributed by atoms with van der Waals surface area (Å²) in [6.45, 7) is 1.15. The Balaban J connectivity index is 1.96. The van der Waals surface area contributed by atoms with Crippen molar-refractivity contribution in [2.75, 3.05) is 13.1 Å². The SMILES string of the molecule is O=C(O)CCCCNC(=O)NCCCc1ccccc1. The Kier molecular flexibility index (Phi) is 7.87. The van der Waals surface area contributed by atoms with Crippen LogP contribution in [0, 0.1) is 0 Å². The van der Waals surface area contributed by atoms with Gasteiger partial charge in [-0.3, -0.25) is 4.79 Å². The van der Waals surface area contributed by atoms with Gasteiger partial charge in [0.25, 0.3) is 0 Å². The number of urea groups is 1. The van der Waals surface area contributed by atoms with E-state index in [1.807, 2.05) is 18.2 Å². The molecule has 0 saturated carbocycles. The smallest absolute Gasteiger partial charge is 0.314 e. The van der Waals surface area contributed by atoms with Gasteiger partial charge in [-0.1, -0.05) is 30.3 Å². The molecule has 0 aliphatic carbocycles. The molecule has 0 heterocycles. The van der Waals surface area contributed by atoms with Gasteiger partial charge in [-0.15, -0.1) is 0 Å². The summed E-state index contributed by atoms with van der Waals surface area (Å²) in [5.74, 6) is -0.796. The first-order chi connectivity index (χ1) is 9.68. The Bertz CT molecular complexity index is 407. The highest BCUT2D eigenvalue weighted by Gasteiger charge is 2.00. The number of amides is 2. The third-order valence-corrected chi connectivity index (χ3v) is 2.87. The van der Waals surface area contributed by atoms with Gasteiger partial charge in [0.05, 0.1) is 0 Å². The predicted octanol–water partition coefficient (Wildman–Crippen LogP) is 2.17. The highest BCUT2D eigenvalue weighted by Crippen LogP contribution is 2.01. The van der Waals surface area contributed by atoms with Crippen LogP contribution in [0.3, 0.4) is 0 Å². The number of carbonyl (C=O) groups is 2. The molecule has 1 aromatic carbocycles. The van der Waals surface area contributed by atoms with Crippen LogP contribution in [0.2, 0.25) is 0 Å². The van der Waals surface area contributed by atoms with E-state index in [1.165, 1.54) is 5.56 Å². The molecule has 0 atom stereocenters. The fourth-order valence-electron chi connectivity index (χ4n) is 1.80. The van der Waals surface area contributed by atoms with E-state index in [9.17, 15) is 9.59 Å². The maximum atomic E-state index is 11.4. The Morgan fingerprint density at radius 3 is 2.25 bits per heavy atom. The first kappa shape index (κ1) is 16.0. The summed E-state index contributed by atoms with van der Waals surface area (Å²) >= 11 is 0. The topological polar surface area (TPSA) is 78.4 Å². The molecule has 110 valence electrons. The lowest BCUT2D eigenvalue weighted by Crippen LogP contribution is -2.36. The van der Waals surface area contributed by atoms with Gasteiger partial charge in [0.2, 0.25) is 0 Å². The molecule has 3 N–H and O–H groups in total. The predicted molar refractivity (Wildman–Crippen MR) is 77.7 cm³/mol. The van der Waals surface area contributed by atoms with Crippen LogP contribution in [0.5, 0.6) is 0 Å². The van der Waals surface area contributed by atoms with E-state index in [2.05, 4.69) is 22.8 Å². The molecule has 5 heteroatoms. The first-order valence-electron chi connectivity index (χ1n) is 6.96. The van der Waals surface area contributed by atoms with Crippen molar-refractivity contribution in [3.63, 3.8) is 0 Å². The molecule has 0 unspecified atom stereocenters. The number of hydrogen-bond acceptors (Lipinski definition) is 2. The van der Waals surface area contributed by atoms with Crippen LogP contribution in [0.25, 0.3) is 0 Å². The number of aryl methyl sites for hydroxylation is 1. The maximum absolute atomic E-state index is 11.4. The van der Waals surface area contributed by atoms with Crippen molar-refractivity contribution in [1.29, 1.82) is 0 Å². The molecular weight excluding hydrogens is 256 g/mol. The number of rotatable bonds is 9. The van der Waals surface area contributed by atoms with Crippen molar-refractivity contribution in [1.82, 2.24) is 10.6 Å². The Hall–Kier alpha value is -2.04. The number of carboxylic acids is 1. The minimum atomic E-state index is -0.796. The van der Waals surface area contributed by atoms with Gasteiger partial charge in [0, 0.05) is 19.5 Å². The molecule has 0 aromatic heterocycles. The zero-order valence-corrected chi connectivity index (χ0v) is 11.6. The summed E-state index contributed by atoms with van der Waals surface area (Å²) in [4.78, 5) is 21.7. The lowest BCUT2D eigenvalue weighted by Gasteiger charge is -2.07. The van der Waals surface area contributed by atoms with Crippen molar-refractivity contribution >= 4 is 12.0 Å². The number of carboxylic acid groups (broad SMARTS) is 1. The molecule has 0 spiro atoms. The molecule has 0 aliphatic rings. The fourth-order valence-corrected chi connectivity index (χ4v) is 1.80. The quantitative estimate of drug-likeness (QED) is 0.606. The van der Waals surface area contributed by atoms with Crippen molar-refractivity contribution in [2.45, 2.75) is 32.1 Å². The molecule has 5 nitrogen and oxygen atoms in total. The normalized spacial score (nSPS) is 10.0. The zero-order chi connectivity index (χ0) is 14.6. The summed E-state index contributed by atoms with van der Waals surface area (Å²) in [5, 5.41) is 14.0. The van der Waals surface area contributed by atoms with E-state index in [1.54, 1.807) is 0 Å². The van der Waals surface area contributed by atoms with Crippen LogP contribution in [0.4, 0.5) is 4.79 Å². The molecule has 1 rings (SSSR count). The average Bonchev–Trinajstić information content (AvgIpc) is 2.44. The van der Waals surface area contributed by atoms with Gasteiger partial charge in [-0.25, -0.2) is 4.79 Å². The second-order valence-corrected chi connectivity index (χ2v) is 4.62. The van der Waals surface area contributed by atoms with Crippen LogP contribution in [0.1, 0.15) is 31.2 Å². The first-order valence-corrected chi connectivity index (χ1v) is 6.96. The number of benzene rings is 1. The van der Waals surface area contributed by atoms with Gasteiger partial charge in [-0.05, 0) is 31.2 Å². The second-order valence-electron chi connectivity index (χ2n) is 4.62. The molecule has 0 saturated heterocycles. The average molecular weight is 278 g/mol. The zero-order valence-electron chi connectivity index (χ0n) is 11.6. The number of carbonyl (C=O) groups excluding carboxylic acids is 1. The van der Waals surface area contributed by atoms with Crippen LogP contribution in [-0.4, -0.2) is 30.2 Å². The number of aliphatic carboxylic acids is 1. The fraction of sp³-hybridized carbons (Fsp3) is 0.467. The number of nitrogens with one attached hydrogen (secondary N) is 2. The lowest BCUT2D eigenvalue weighted by molar-refractivity contribution is -0.137. The van der Waals surface area contributed by atoms with E-state index in [0.29, 0.717) is 25.9 Å². The second kappa shape index (κ2) is 9.83. The standard InChI is InChI=1S/C15H22N2O3/c18-14(19)10-4-5-11-16-15(20)17-12-6-9-13-7-2-1-3-8-13/h1-3,7-8H,4-6,9-12H2,(H,18,19)(H2,16,17,20). The van der Waals surface area contributed by atoms with E-state index >= 15 is 0 Å². The summed E-state index contributed by atoms with van der Waals surface area (Å²) in [6, 6.07) is 9.96. The number of hydrogen-bond donors (Lipinski definition) is 3. The van der Waals surface area contributed by atoms with Crippen molar-refractivity contribution in [3.05, 3.63) is 35.9 Å². The summed E-state index contributed by atoms with van der Waals surface area (Å²) < 4.78 is 0. The minimum Gasteiger partial charge on any atom is -0.481 e. The molecule has 20 heavy (non-hydrogen) atoms. The summed E-state index contributed by atoms with van der Waals surface area (Å²) in [7, 11) is 0. The molecule has 0 bridgehead atoms. The Morgan fingerprint density at radius 2 is 1.60 bits per heavy atom. The monoisotopic (exact) mass is 278 g/mol. The molecule has 0 fully saturated rings. The van der Waals surface area contributed by atoms with Gasteiger partial charge in [0.1, 0.15) is 0 Å². The van der Waals surface area contributed by atoms with E-state index < -0.39 is 5.97 Å². The van der Waals surface area contributed by atoms with Gasteiger partial charge < -0.3 is 15.7 Å². The van der Waals surface area contributed by atoms with Gasteiger partial charge in [-0.2, -0.15) is 0 Å². The molecule has 0 aliphatic heterocycles. The van der Waals surface area contributed by atoms with Crippen molar-refractivity contribution < 1.29 is 14.7 Å². The lowest BCUT2D eigenvalue weighted by atomic mass is 10.1. The third kappa shape index (κ3) is 8.13. The van der Waals surface area contributed by atoms with Crippen LogP contribution in [-0.2, 0) is 11.2 Å². The van der Waals surface area contributed by atoms with E-state index in [4.69, 9.17) is 5.11 Å². The maximum Gasteiger partial charge on any atom is 0.314 e.